The summed E-state index contributed by atoms with van der Waals surface area (Å²) in [6.07, 6.45) is 1.73. The van der Waals surface area contributed by atoms with Gasteiger partial charge in [-0.25, -0.2) is 4.98 Å². The highest BCUT2D eigenvalue weighted by atomic mass is 35.5. The van der Waals surface area contributed by atoms with Gasteiger partial charge in [-0.2, -0.15) is 0 Å². The van der Waals surface area contributed by atoms with Crippen LogP contribution >= 0.6 is 11.6 Å². The topological polar surface area (TPSA) is 30.3 Å². The Bertz CT molecular complexity index is 1610. The molecule has 0 spiro atoms. The third-order valence-corrected chi connectivity index (χ3v) is 6.49. The summed E-state index contributed by atoms with van der Waals surface area (Å²) in [4.78, 5) is 6.93. The molecule has 6 rings (SSSR count). The van der Waals surface area contributed by atoms with Crippen molar-refractivity contribution < 1.29 is 4.74 Å². The molecule has 5 heteroatoms. The minimum Gasteiger partial charge on any atom is -0.497 e. The van der Waals surface area contributed by atoms with E-state index in [0.29, 0.717) is 5.02 Å². The summed E-state index contributed by atoms with van der Waals surface area (Å²) in [5, 5.41) is 2.87. The number of halogens is 1. The summed E-state index contributed by atoms with van der Waals surface area (Å²) < 4.78 is 7.71. The average molecular weight is 476 g/mol. The van der Waals surface area contributed by atoms with Crippen LogP contribution in [0, 0.1) is 0 Å². The Morgan fingerprint density at radius 3 is 2.03 bits per heavy atom. The molecule has 0 atom stereocenters. The van der Waals surface area contributed by atoms with E-state index in [-0.39, 0.29) is 0 Å². The monoisotopic (exact) mass is 475 g/mol. The van der Waals surface area contributed by atoms with Crippen LogP contribution in [0.15, 0.2) is 115 Å². The molecule has 0 fully saturated rings. The third-order valence-electron chi connectivity index (χ3n) is 6.20. The molecule has 0 bridgehead atoms. The summed E-state index contributed by atoms with van der Waals surface area (Å²) in [6.45, 7) is 0. The fourth-order valence-corrected chi connectivity index (χ4v) is 4.80. The number of para-hydroxylation sites is 3. The van der Waals surface area contributed by atoms with Gasteiger partial charge >= 0.3 is 0 Å². The van der Waals surface area contributed by atoms with Crippen LogP contribution in [-0.4, -0.2) is 16.7 Å². The highest BCUT2D eigenvalue weighted by Gasteiger charge is 2.19. The van der Waals surface area contributed by atoms with Gasteiger partial charge in [-0.05, 0) is 42.5 Å². The van der Waals surface area contributed by atoms with E-state index in [4.69, 9.17) is 21.3 Å². The van der Waals surface area contributed by atoms with Gasteiger partial charge in [0.25, 0.3) is 0 Å². The quantitative estimate of drug-likeness (QED) is 0.251. The fourth-order valence-electron chi connectivity index (χ4n) is 4.62. The van der Waals surface area contributed by atoms with E-state index < -0.39 is 0 Å². The molecule has 4 aromatic carbocycles. The molecule has 0 saturated carbocycles. The molecule has 4 nitrogen and oxygen atoms in total. The predicted molar refractivity (Wildman–Crippen MR) is 145 cm³/mol. The second kappa shape index (κ2) is 8.82. The first-order valence-corrected chi connectivity index (χ1v) is 11.8. The van der Waals surface area contributed by atoms with Gasteiger partial charge in [0.1, 0.15) is 11.6 Å². The standard InChI is InChI=1S/C30H22ClN3O/c1-35-23-16-17-25-24-14-8-9-15-27(24)34(28(25)18-23)30-19-29(26(31)20-32-30)33(21-10-4-2-5-11-21)22-12-6-3-7-13-22/h2-20H,1H3. The van der Waals surface area contributed by atoms with Gasteiger partial charge in [-0.1, -0.05) is 66.2 Å². The Morgan fingerprint density at radius 2 is 1.34 bits per heavy atom. The van der Waals surface area contributed by atoms with Crippen molar-refractivity contribution in [3.63, 3.8) is 0 Å². The summed E-state index contributed by atoms with van der Waals surface area (Å²) in [6, 6.07) is 37.0. The number of hydrogen-bond donors (Lipinski definition) is 0. The zero-order chi connectivity index (χ0) is 23.8. The minimum absolute atomic E-state index is 0.569. The number of fused-ring (bicyclic) bond motifs is 3. The fraction of sp³-hybridized carbons (Fsp3) is 0.0333. The second-order valence-electron chi connectivity index (χ2n) is 8.24. The van der Waals surface area contributed by atoms with Crippen LogP contribution in [0.3, 0.4) is 0 Å². The van der Waals surface area contributed by atoms with Crippen molar-refractivity contribution >= 4 is 50.5 Å². The lowest BCUT2D eigenvalue weighted by Gasteiger charge is -2.26. The molecule has 0 unspecified atom stereocenters. The van der Waals surface area contributed by atoms with Crippen LogP contribution < -0.4 is 9.64 Å². The van der Waals surface area contributed by atoms with Crippen molar-refractivity contribution in [2.75, 3.05) is 12.0 Å². The molecule has 0 radical (unpaired) electrons. The van der Waals surface area contributed by atoms with Crippen LogP contribution in [-0.2, 0) is 0 Å². The highest BCUT2D eigenvalue weighted by molar-refractivity contribution is 6.33. The third kappa shape index (κ3) is 3.69. The lowest BCUT2D eigenvalue weighted by molar-refractivity contribution is 0.415. The SMILES string of the molecule is COc1ccc2c3ccccc3n(-c3cc(N(c4ccccc4)c4ccccc4)c(Cl)cn3)c2c1. The van der Waals surface area contributed by atoms with Gasteiger partial charge in [0.15, 0.2) is 0 Å². The largest absolute Gasteiger partial charge is 0.497 e. The Hall–Kier alpha value is -4.28. The van der Waals surface area contributed by atoms with Crippen LogP contribution in [0.1, 0.15) is 0 Å². The Labute approximate surface area is 208 Å². The van der Waals surface area contributed by atoms with Crippen molar-refractivity contribution in [2.45, 2.75) is 0 Å². The molecule has 0 N–H and O–H groups in total. The van der Waals surface area contributed by atoms with Crippen molar-refractivity contribution in [3.8, 4) is 11.6 Å². The molecule has 2 aromatic heterocycles. The number of aromatic nitrogens is 2. The van der Waals surface area contributed by atoms with Crippen LogP contribution in [0.4, 0.5) is 17.1 Å². The number of methoxy groups -OCH3 is 1. The number of pyridine rings is 1. The number of benzene rings is 4. The second-order valence-corrected chi connectivity index (χ2v) is 8.64. The smallest absolute Gasteiger partial charge is 0.139 e. The van der Waals surface area contributed by atoms with Gasteiger partial charge in [0.05, 0.1) is 35.1 Å². The normalized spacial score (nSPS) is 11.1. The predicted octanol–water partition coefficient (Wildman–Crippen LogP) is 8.31. The molecule has 0 saturated heterocycles. The van der Waals surface area contributed by atoms with E-state index in [9.17, 15) is 0 Å². The zero-order valence-electron chi connectivity index (χ0n) is 19.1. The lowest BCUT2D eigenvalue weighted by atomic mass is 10.1. The first-order chi connectivity index (χ1) is 17.2. The minimum atomic E-state index is 0.569. The van der Waals surface area contributed by atoms with Gasteiger partial charge in [0.2, 0.25) is 0 Å². The van der Waals surface area contributed by atoms with E-state index in [0.717, 1.165) is 50.4 Å². The maximum atomic E-state index is 6.80. The molecule has 6 aromatic rings. The van der Waals surface area contributed by atoms with Crippen LogP contribution in [0.25, 0.3) is 27.6 Å². The van der Waals surface area contributed by atoms with Crippen molar-refractivity contribution in [2.24, 2.45) is 0 Å². The summed E-state index contributed by atoms with van der Waals surface area (Å²) >= 11 is 6.80. The molecular formula is C30H22ClN3O. The van der Waals surface area contributed by atoms with Crippen LogP contribution in [0.2, 0.25) is 5.02 Å². The number of ether oxygens (including phenoxy) is 1. The Morgan fingerprint density at radius 1 is 0.714 bits per heavy atom. The molecule has 0 aliphatic carbocycles. The van der Waals surface area contributed by atoms with Gasteiger partial charge in [-0.3, -0.25) is 4.57 Å². The molecule has 0 amide bonds. The Kier molecular flexibility index (Phi) is 5.36. The molecular weight excluding hydrogens is 454 g/mol. The summed E-state index contributed by atoms with van der Waals surface area (Å²) in [5.74, 6) is 1.58. The molecule has 170 valence electrons. The van der Waals surface area contributed by atoms with Gasteiger partial charge < -0.3 is 9.64 Å². The van der Waals surface area contributed by atoms with Gasteiger partial charge in [0, 0.05) is 34.3 Å². The molecule has 2 heterocycles. The lowest BCUT2D eigenvalue weighted by Crippen LogP contribution is -2.11. The van der Waals surface area contributed by atoms with E-state index in [1.54, 1.807) is 13.3 Å². The zero-order valence-corrected chi connectivity index (χ0v) is 19.9. The van der Waals surface area contributed by atoms with Crippen LogP contribution in [0.5, 0.6) is 5.75 Å². The maximum Gasteiger partial charge on any atom is 0.139 e. The molecule has 0 aliphatic rings. The highest BCUT2D eigenvalue weighted by Crippen LogP contribution is 2.40. The molecule has 0 aliphatic heterocycles. The number of anilines is 3. The average Bonchev–Trinajstić information content (AvgIpc) is 3.25. The van der Waals surface area contributed by atoms with Gasteiger partial charge in [-0.15, -0.1) is 0 Å². The van der Waals surface area contributed by atoms with Crippen molar-refractivity contribution in [1.29, 1.82) is 0 Å². The maximum absolute atomic E-state index is 6.80. The van der Waals surface area contributed by atoms with E-state index in [2.05, 4.69) is 64.1 Å². The number of rotatable bonds is 5. The van der Waals surface area contributed by atoms with Crippen molar-refractivity contribution in [3.05, 3.63) is 120 Å². The molecule has 35 heavy (non-hydrogen) atoms. The van der Waals surface area contributed by atoms with E-state index in [1.807, 2.05) is 54.6 Å². The number of nitrogens with zero attached hydrogens (tertiary/aromatic N) is 3. The van der Waals surface area contributed by atoms with E-state index >= 15 is 0 Å². The first kappa shape index (κ1) is 21.3. The van der Waals surface area contributed by atoms with E-state index in [1.165, 1.54) is 0 Å². The number of hydrogen-bond acceptors (Lipinski definition) is 3. The Balaban J connectivity index is 1.62. The summed E-state index contributed by atoms with van der Waals surface area (Å²) in [5.41, 5.74) is 4.98. The van der Waals surface area contributed by atoms with Crippen molar-refractivity contribution in [1.82, 2.24) is 9.55 Å². The summed E-state index contributed by atoms with van der Waals surface area (Å²) in [7, 11) is 1.68. The first-order valence-electron chi connectivity index (χ1n) is 11.4.